The summed E-state index contributed by atoms with van der Waals surface area (Å²) in [7, 11) is -16.4. The van der Waals surface area contributed by atoms with E-state index in [-0.39, 0.29) is 12.4 Å². The zero-order valence-corrected chi connectivity index (χ0v) is 16.7. The maximum atomic E-state index is 11.7. The van der Waals surface area contributed by atoms with Crippen molar-refractivity contribution in [1.82, 2.24) is 19.5 Å². The molecule has 20 heteroatoms. The number of fused-ring (bicyclic) bond motifs is 1. The third-order valence-corrected chi connectivity index (χ3v) is 7.02. The molecular weight excluding hydrogens is 463 g/mol. The minimum absolute atomic E-state index is 0.0419. The van der Waals surface area contributed by atoms with Crippen LogP contribution in [0.1, 0.15) is 6.23 Å². The van der Waals surface area contributed by atoms with Crippen LogP contribution in [0.3, 0.4) is 0 Å². The third kappa shape index (κ3) is 5.86. The summed E-state index contributed by atoms with van der Waals surface area (Å²) >= 11 is 0. The standard InChI is InChI=1S/C9H14N5O12P3/c10-8-7-9(12-3-11-8)14(4-13-7)5-1-22-6(24-5)2-23-28(18,19)26-29(20,21)25-27(15,16)17/h3-6H,1-2H2,(H,18,19)(H,20,21)(H2,10,11,12)(H2,15,16,17)/t5-,6-/m1/s1. The summed E-state index contributed by atoms with van der Waals surface area (Å²) in [5.74, 6) is 0.150. The Hall–Kier alpha value is -1.32. The lowest BCUT2D eigenvalue weighted by atomic mass is 10.5. The quantitative estimate of drug-likeness (QED) is 0.304. The number of ether oxygens (including phenoxy) is 2. The van der Waals surface area contributed by atoms with Crippen molar-refractivity contribution in [1.29, 1.82) is 0 Å². The van der Waals surface area contributed by atoms with E-state index in [9.17, 15) is 18.6 Å². The number of aromatic nitrogens is 4. The van der Waals surface area contributed by atoms with Crippen LogP contribution in [0.4, 0.5) is 5.82 Å². The van der Waals surface area contributed by atoms with E-state index in [2.05, 4.69) is 28.1 Å². The molecule has 1 aliphatic heterocycles. The zero-order valence-electron chi connectivity index (χ0n) is 14.0. The Morgan fingerprint density at radius 3 is 2.55 bits per heavy atom. The van der Waals surface area contributed by atoms with Crippen LogP contribution in [-0.4, -0.2) is 58.6 Å². The molecule has 3 rings (SSSR count). The van der Waals surface area contributed by atoms with Crippen LogP contribution >= 0.6 is 23.5 Å². The van der Waals surface area contributed by atoms with E-state index in [1.807, 2.05) is 0 Å². The Labute approximate surface area is 160 Å². The van der Waals surface area contributed by atoms with Crippen LogP contribution in [0.5, 0.6) is 0 Å². The van der Waals surface area contributed by atoms with Gasteiger partial charge in [0.05, 0.1) is 12.9 Å². The summed E-state index contributed by atoms with van der Waals surface area (Å²) in [5, 5.41) is 0. The Morgan fingerprint density at radius 2 is 1.86 bits per heavy atom. The maximum absolute atomic E-state index is 11.7. The number of hydrogen-bond donors (Lipinski definition) is 5. The minimum atomic E-state index is -5.60. The Morgan fingerprint density at radius 1 is 1.14 bits per heavy atom. The lowest BCUT2D eigenvalue weighted by Crippen LogP contribution is -2.17. The first-order valence-electron chi connectivity index (χ1n) is 7.34. The van der Waals surface area contributed by atoms with Crippen molar-refractivity contribution in [2.24, 2.45) is 0 Å². The molecular formula is C9H14N5O12P3. The first-order valence-corrected chi connectivity index (χ1v) is 11.9. The van der Waals surface area contributed by atoms with Crippen molar-refractivity contribution in [3.8, 4) is 0 Å². The summed E-state index contributed by atoms with van der Waals surface area (Å²) < 4.78 is 57.3. The van der Waals surface area contributed by atoms with E-state index in [0.717, 1.165) is 0 Å². The molecule has 17 nitrogen and oxygen atoms in total. The first kappa shape index (κ1) is 22.4. The van der Waals surface area contributed by atoms with Crippen LogP contribution < -0.4 is 5.73 Å². The predicted molar refractivity (Wildman–Crippen MR) is 89.4 cm³/mol. The average molecular weight is 477 g/mol. The van der Waals surface area contributed by atoms with Crippen LogP contribution in [0.15, 0.2) is 12.7 Å². The molecule has 0 aliphatic carbocycles. The number of hydrogen-bond acceptors (Lipinski definition) is 12. The Balaban J connectivity index is 1.58. The summed E-state index contributed by atoms with van der Waals surface area (Å²) in [6, 6.07) is 0. The largest absolute Gasteiger partial charge is 0.490 e. The molecule has 29 heavy (non-hydrogen) atoms. The summed E-state index contributed by atoms with van der Waals surface area (Å²) in [6.45, 7) is -0.788. The smallest absolute Gasteiger partial charge is 0.382 e. The van der Waals surface area contributed by atoms with E-state index in [1.54, 1.807) is 0 Å². The van der Waals surface area contributed by atoms with Crippen LogP contribution in [-0.2, 0) is 36.3 Å². The normalized spacial score (nSPS) is 24.4. The predicted octanol–water partition coefficient (Wildman–Crippen LogP) is -0.377. The molecule has 4 atom stereocenters. The van der Waals surface area contributed by atoms with Gasteiger partial charge in [-0.3, -0.25) is 9.09 Å². The van der Waals surface area contributed by atoms with Crippen molar-refractivity contribution in [3.63, 3.8) is 0 Å². The highest BCUT2D eigenvalue weighted by molar-refractivity contribution is 7.66. The van der Waals surface area contributed by atoms with Gasteiger partial charge in [0.25, 0.3) is 0 Å². The second-order valence-electron chi connectivity index (χ2n) is 5.32. The minimum Gasteiger partial charge on any atom is -0.382 e. The van der Waals surface area contributed by atoms with Crippen molar-refractivity contribution >= 4 is 40.4 Å². The van der Waals surface area contributed by atoms with Gasteiger partial charge in [0.15, 0.2) is 24.0 Å². The van der Waals surface area contributed by atoms with Gasteiger partial charge in [-0.2, -0.15) is 8.62 Å². The van der Waals surface area contributed by atoms with E-state index in [0.29, 0.717) is 11.2 Å². The number of nitrogens with zero attached hydrogens (tertiary/aromatic N) is 4. The molecule has 2 unspecified atom stereocenters. The second-order valence-corrected chi connectivity index (χ2v) is 9.74. The highest BCUT2D eigenvalue weighted by atomic mass is 31.3. The number of phosphoric acid groups is 3. The Kier molecular flexibility index (Phi) is 6.23. The molecule has 162 valence electrons. The number of imidazole rings is 1. The molecule has 0 aromatic carbocycles. The van der Waals surface area contributed by atoms with Gasteiger partial charge in [-0.1, -0.05) is 0 Å². The highest BCUT2D eigenvalue weighted by Crippen LogP contribution is 2.66. The summed E-state index contributed by atoms with van der Waals surface area (Å²) in [5.41, 5.74) is 6.36. The van der Waals surface area contributed by atoms with Crippen molar-refractivity contribution < 1.29 is 55.9 Å². The molecule has 0 spiro atoms. The molecule has 0 saturated carbocycles. The van der Waals surface area contributed by atoms with Crippen LogP contribution in [0.25, 0.3) is 11.2 Å². The molecule has 0 amide bonds. The lowest BCUT2D eigenvalue weighted by molar-refractivity contribution is -0.0961. The van der Waals surface area contributed by atoms with Gasteiger partial charge in [-0.25, -0.2) is 28.6 Å². The topological polar surface area (TPSA) is 248 Å². The maximum Gasteiger partial charge on any atom is 0.490 e. The van der Waals surface area contributed by atoms with E-state index in [1.165, 1.54) is 17.2 Å². The molecule has 1 saturated heterocycles. The molecule has 3 heterocycles. The summed E-state index contributed by atoms with van der Waals surface area (Å²) in [6.07, 6.45) is 0.623. The van der Waals surface area contributed by atoms with Gasteiger partial charge in [0.1, 0.15) is 18.5 Å². The number of anilines is 1. The fourth-order valence-corrected chi connectivity index (χ4v) is 5.22. The Bertz CT molecular complexity index is 1040. The van der Waals surface area contributed by atoms with E-state index >= 15 is 0 Å². The van der Waals surface area contributed by atoms with Gasteiger partial charge < -0.3 is 34.8 Å². The van der Waals surface area contributed by atoms with Crippen molar-refractivity contribution in [2.45, 2.75) is 12.5 Å². The first-order chi connectivity index (χ1) is 13.4. The third-order valence-electron chi connectivity index (χ3n) is 3.22. The summed E-state index contributed by atoms with van der Waals surface area (Å²) in [4.78, 5) is 47.3. The van der Waals surface area contributed by atoms with E-state index in [4.69, 9.17) is 29.9 Å². The van der Waals surface area contributed by atoms with Crippen LogP contribution in [0, 0.1) is 0 Å². The monoisotopic (exact) mass is 477 g/mol. The molecule has 2 aromatic rings. The van der Waals surface area contributed by atoms with Gasteiger partial charge in [-0.05, 0) is 0 Å². The molecule has 0 radical (unpaired) electrons. The molecule has 6 N–H and O–H groups in total. The highest BCUT2D eigenvalue weighted by Gasteiger charge is 2.41. The molecule has 1 fully saturated rings. The van der Waals surface area contributed by atoms with E-state index < -0.39 is 42.6 Å². The lowest BCUT2D eigenvalue weighted by Gasteiger charge is -2.17. The van der Waals surface area contributed by atoms with Crippen molar-refractivity contribution in [2.75, 3.05) is 18.9 Å². The zero-order chi connectivity index (χ0) is 21.4. The number of phosphoric ester groups is 1. The van der Waals surface area contributed by atoms with Gasteiger partial charge >= 0.3 is 23.5 Å². The average Bonchev–Trinajstić information content (AvgIpc) is 3.16. The fourth-order valence-electron chi connectivity index (χ4n) is 2.22. The van der Waals surface area contributed by atoms with Gasteiger partial charge in [-0.15, -0.1) is 0 Å². The van der Waals surface area contributed by atoms with Gasteiger partial charge in [0.2, 0.25) is 0 Å². The number of rotatable bonds is 8. The molecule has 1 aliphatic rings. The van der Waals surface area contributed by atoms with Gasteiger partial charge in [0, 0.05) is 0 Å². The second kappa shape index (κ2) is 8.07. The number of nitrogens with two attached hydrogens (primary N) is 1. The fraction of sp³-hybridized carbons (Fsp3) is 0.444. The molecule has 0 bridgehead atoms. The number of nitrogen functional groups attached to an aromatic ring is 1. The van der Waals surface area contributed by atoms with Crippen LogP contribution in [0.2, 0.25) is 0 Å². The molecule has 2 aromatic heterocycles. The SMILES string of the molecule is Nc1ncnc2c1ncn2[C@H]1CO[C@@H](COP(=O)(O)OP(=O)(O)OP(=O)(O)O)O1. The van der Waals surface area contributed by atoms with Crippen molar-refractivity contribution in [3.05, 3.63) is 12.7 Å².